The van der Waals surface area contributed by atoms with Crippen LogP contribution in [0.1, 0.15) is 54.4 Å². The zero-order valence-electron chi connectivity index (χ0n) is 17.2. The molecular formula is C19H34O5Si. The molecule has 0 saturated carbocycles. The van der Waals surface area contributed by atoms with E-state index < -0.39 is 8.80 Å². The quantitative estimate of drug-likeness (QED) is 0.585. The fourth-order valence-corrected chi connectivity index (χ4v) is 4.26. The molecule has 0 spiro atoms. The van der Waals surface area contributed by atoms with Gasteiger partial charge >= 0.3 is 8.80 Å². The molecule has 0 radical (unpaired) electrons. The van der Waals surface area contributed by atoms with E-state index >= 15 is 0 Å². The molecule has 0 N–H and O–H groups in total. The Balaban J connectivity index is 3.58. The molecule has 0 aliphatic carbocycles. The van der Waals surface area contributed by atoms with Gasteiger partial charge in [0.05, 0.1) is 0 Å². The molecule has 0 heterocycles. The molecular weight excluding hydrogens is 336 g/mol. The largest absolute Gasteiger partial charge is 0.544 e. The van der Waals surface area contributed by atoms with Crippen molar-refractivity contribution in [3.63, 3.8) is 0 Å². The Morgan fingerprint density at radius 2 is 1.12 bits per heavy atom. The number of rotatable bonds is 10. The molecule has 0 aliphatic rings. The summed E-state index contributed by atoms with van der Waals surface area (Å²) in [5.74, 6) is 1.35. The van der Waals surface area contributed by atoms with Gasteiger partial charge in [0, 0.05) is 21.3 Å². The average Bonchev–Trinajstić information content (AvgIpc) is 2.58. The van der Waals surface area contributed by atoms with Crippen molar-refractivity contribution in [1.82, 2.24) is 0 Å². The molecule has 1 aromatic carbocycles. The maximum Gasteiger partial charge on any atom is 0.544 e. The second-order valence-electron chi connectivity index (χ2n) is 7.23. The minimum absolute atomic E-state index is 0.330. The third-order valence-corrected chi connectivity index (χ3v) is 7.29. The van der Waals surface area contributed by atoms with Crippen molar-refractivity contribution < 1.29 is 22.8 Å². The molecule has 6 heteroatoms. The van der Waals surface area contributed by atoms with E-state index in [2.05, 4.69) is 41.5 Å². The smallest absolute Gasteiger partial charge is 0.488 e. The van der Waals surface area contributed by atoms with Crippen molar-refractivity contribution >= 4 is 14.0 Å². The second-order valence-corrected chi connectivity index (χ2v) is 10.1. The summed E-state index contributed by atoms with van der Waals surface area (Å²) in [5.41, 5.74) is -0.661. The highest BCUT2D eigenvalue weighted by Crippen LogP contribution is 2.30. The zero-order valence-corrected chi connectivity index (χ0v) is 18.2. The van der Waals surface area contributed by atoms with Gasteiger partial charge < -0.3 is 22.8 Å². The van der Waals surface area contributed by atoms with Crippen LogP contribution in [0.4, 0.5) is 0 Å². The lowest BCUT2D eigenvalue weighted by Crippen LogP contribution is -2.56. The Morgan fingerprint density at radius 1 is 0.760 bits per heavy atom. The van der Waals surface area contributed by atoms with Gasteiger partial charge in [-0.2, -0.15) is 0 Å². The van der Waals surface area contributed by atoms with Crippen molar-refractivity contribution in [2.45, 2.75) is 65.6 Å². The van der Waals surface area contributed by atoms with Crippen LogP contribution in [0.3, 0.4) is 0 Å². The predicted octanol–water partition coefficient (Wildman–Crippen LogP) is 3.91. The van der Waals surface area contributed by atoms with Crippen molar-refractivity contribution in [2.24, 2.45) is 0 Å². The predicted molar refractivity (Wildman–Crippen MR) is 103 cm³/mol. The maximum atomic E-state index is 6.30. The molecule has 0 saturated heterocycles. The summed E-state index contributed by atoms with van der Waals surface area (Å²) in [6.07, 6.45) is 1.72. The molecule has 0 unspecified atom stereocenters. The third-order valence-electron chi connectivity index (χ3n) is 4.58. The first-order valence-corrected chi connectivity index (χ1v) is 10.5. The Kier molecular flexibility index (Phi) is 7.50. The van der Waals surface area contributed by atoms with Crippen LogP contribution in [0, 0.1) is 0 Å². The summed E-state index contributed by atoms with van der Waals surface area (Å²) in [6, 6.07) is 5.75. The van der Waals surface area contributed by atoms with E-state index in [1.807, 2.05) is 18.2 Å². The standard InChI is InChI=1S/C19H34O5Si/c1-10-18(3,4)23-15-13-12-14-16(24-19(5,6)11-2)17(15)25(20-7,21-8)22-9/h12-14H,10-11H2,1-9H3. The molecule has 0 atom stereocenters. The van der Waals surface area contributed by atoms with Gasteiger partial charge in [0.2, 0.25) is 0 Å². The lowest BCUT2D eigenvalue weighted by molar-refractivity contribution is 0.0924. The number of benzene rings is 1. The van der Waals surface area contributed by atoms with E-state index in [9.17, 15) is 0 Å². The summed E-state index contributed by atoms with van der Waals surface area (Å²) < 4.78 is 29.8. The lowest BCUT2D eigenvalue weighted by Gasteiger charge is -2.34. The Labute approximate surface area is 153 Å². The van der Waals surface area contributed by atoms with Crippen molar-refractivity contribution in [3.05, 3.63) is 18.2 Å². The first-order valence-electron chi connectivity index (χ1n) is 8.77. The number of ether oxygens (including phenoxy) is 2. The van der Waals surface area contributed by atoms with Crippen LogP contribution in [-0.2, 0) is 13.3 Å². The second kappa shape index (κ2) is 8.53. The highest BCUT2D eigenvalue weighted by molar-refractivity contribution is 6.77. The molecule has 144 valence electrons. The summed E-state index contributed by atoms with van der Waals surface area (Å²) >= 11 is 0. The number of hydrogen-bond donors (Lipinski definition) is 0. The summed E-state index contributed by atoms with van der Waals surface area (Å²) in [6.45, 7) is 12.4. The van der Waals surface area contributed by atoms with E-state index in [-0.39, 0.29) is 11.2 Å². The van der Waals surface area contributed by atoms with Crippen LogP contribution in [-0.4, -0.2) is 41.3 Å². The molecule has 0 fully saturated rings. The molecule has 5 nitrogen and oxygen atoms in total. The monoisotopic (exact) mass is 370 g/mol. The third kappa shape index (κ3) is 5.20. The SMILES string of the molecule is CCC(C)(C)Oc1cccc(OC(C)(C)CC)c1[Si](OC)(OC)OC. The van der Waals surface area contributed by atoms with Gasteiger partial charge in [-0.3, -0.25) is 0 Å². The van der Waals surface area contributed by atoms with Crippen LogP contribution in [0.2, 0.25) is 0 Å². The van der Waals surface area contributed by atoms with Crippen LogP contribution in [0.15, 0.2) is 18.2 Å². The Morgan fingerprint density at radius 3 is 1.40 bits per heavy atom. The fourth-order valence-electron chi connectivity index (χ4n) is 2.28. The van der Waals surface area contributed by atoms with E-state index in [0.29, 0.717) is 11.5 Å². The first kappa shape index (κ1) is 22.0. The van der Waals surface area contributed by atoms with Crippen molar-refractivity contribution in [2.75, 3.05) is 21.3 Å². The first-order chi connectivity index (χ1) is 11.6. The Bertz CT molecular complexity index is 508. The topological polar surface area (TPSA) is 46.2 Å². The molecule has 0 bridgehead atoms. The fraction of sp³-hybridized carbons (Fsp3) is 0.684. The zero-order chi connectivity index (χ0) is 19.3. The van der Waals surface area contributed by atoms with Gasteiger partial charge in [-0.05, 0) is 52.7 Å². The normalized spacial score (nSPS) is 13.0. The lowest BCUT2D eigenvalue weighted by atomic mass is 10.1. The minimum atomic E-state index is -3.16. The van der Waals surface area contributed by atoms with Gasteiger partial charge in [0.15, 0.2) is 0 Å². The van der Waals surface area contributed by atoms with Crippen LogP contribution < -0.4 is 14.7 Å². The van der Waals surface area contributed by atoms with Crippen molar-refractivity contribution in [1.29, 1.82) is 0 Å². The van der Waals surface area contributed by atoms with Gasteiger partial charge in [0.1, 0.15) is 27.9 Å². The van der Waals surface area contributed by atoms with Crippen LogP contribution >= 0.6 is 0 Å². The van der Waals surface area contributed by atoms with Crippen molar-refractivity contribution in [3.8, 4) is 11.5 Å². The number of hydrogen-bond acceptors (Lipinski definition) is 5. The summed E-state index contributed by atoms with van der Waals surface area (Å²) in [5, 5.41) is 0.727. The highest BCUT2D eigenvalue weighted by atomic mass is 28.4. The van der Waals surface area contributed by atoms with Gasteiger partial charge in [-0.1, -0.05) is 19.9 Å². The highest BCUT2D eigenvalue weighted by Gasteiger charge is 2.47. The van der Waals surface area contributed by atoms with E-state index in [1.54, 1.807) is 21.3 Å². The summed E-state index contributed by atoms with van der Waals surface area (Å²) in [4.78, 5) is 0. The van der Waals surface area contributed by atoms with Gasteiger partial charge in [0.25, 0.3) is 0 Å². The molecule has 1 rings (SSSR count). The van der Waals surface area contributed by atoms with Crippen LogP contribution in [0.25, 0.3) is 0 Å². The van der Waals surface area contributed by atoms with Gasteiger partial charge in [-0.15, -0.1) is 0 Å². The average molecular weight is 371 g/mol. The van der Waals surface area contributed by atoms with Gasteiger partial charge in [-0.25, -0.2) is 0 Å². The van der Waals surface area contributed by atoms with Crippen LogP contribution in [0.5, 0.6) is 11.5 Å². The molecule has 0 amide bonds. The van der Waals surface area contributed by atoms with E-state index in [1.165, 1.54) is 0 Å². The molecule has 1 aromatic rings. The van der Waals surface area contributed by atoms with E-state index in [4.69, 9.17) is 22.8 Å². The molecule has 0 aromatic heterocycles. The minimum Gasteiger partial charge on any atom is -0.488 e. The molecule has 0 aliphatic heterocycles. The van der Waals surface area contributed by atoms with E-state index in [0.717, 1.165) is 18.0 Å². The summed E-state index contributed by atoms with van der Waals surface area (Å²) in [7, 11) is 1.62. The Hall–Kier alpha value is -1.08. The molecule has 25 heavy (non-hydrogen) atoms. The maximum absolute atomic E-state index is 6.30.